The lowest BCUT2D eigenvalue weighted by atomic mass is 9.80. The van der Waals surface area contributed by atoms with E-state index in [4.69, 9.17) is 16.3 Å². The molecule has 9 heteroatoms. The van der Waals surface area contributed by atoms with Crippen molar-refractivity contribution in [1.82, 2.24) is 4.90 Å². The third kappa shape index (κ3) is 5.17. The average Bonchev–Trinajstić information content (AvgIpc) is 2.72. The van der Waals surface area contributed by atoms with Crippen LogP contribution in [0.5, 0.6) is 5.75 Å². The number of hydrogen-bond acceptors (Lipinski definition) is 2. The van der Waals surface area contributed by atoms with Crippen LogP contribution in [0.1, 0.15) is 35.1 Å². The predicted octanol–water partition coefficient (Wildman–Crippen LogP) is 6.84. The smallest absolute Gasteiger partial charge is 0.416 e. The molecule has 2 nitrogen and oxygen atoms in total. The molecule has 2 aromatic carbocycles. The first-order valence-electron chi connectivity index (χ1n) is 10.4. The van der Waals surface area contributed by atoms with Crippen LogP contribution in [0.4, 0.5) is 26.3 Å². The lowest BCUT2D eigenvalue weighted by molar-refractivity contribution is -0.142. The van der Waals surface area contributed by atoms with Crippen molar-refractivity contribution in [2.24, 2.45) is 11.8 Å². The van der Waals surface area contributed by atoms with E-state index >= 15 is 0 Å². The summed E-state index contributed by atoms with van der Waals surface area (Å²) in [6, 6.07) is 7.18. The van der Waals surface area contributed by atoms with Gasteiger partial charge in [-0.1, -0.05) is 11.6 Å². The Bertz CT molecular complexity index is 966. The van der Waals surface area contributed by atoms with Gasteiger partial charge in [0, 0.05) is 17.5 Å². The van der Waals surface area contributed by atoms with Crippen LogP contribution in [0.25, 0.3) is 0 Å². The maximum atomic E-state index is 13.4. The van der Waals surface area contributed by atoms with Crippen molar-refractivity contribution < 1.29 is 31.1 Å². The molecule has 0 amide bonds. The first kappa shape index (κ1) is 23.2. The number of fused-ring (bicyclic) bond motifs is 1. The quantitative estimate of drug-likeness (QED) is 0.449. The first-order chi connectivity index (χ1) is 15.0. The number of nitrogens with zero attached hydrogens (tertiary/aromatic N) is 1. The Hall–Kier alpha value is -1.93. The Labute approximate surface area is 187 Å². The fourth-order valence-electron chi connectivity index (χ4n) is 4.69. The summed E-state index contributed by atoms with van der Waals surface area (Å²) < 4.78 is 85.1. The van der Waals surface area contributed by atoms with Gasteiger partial charge in [-0.25, -0.2) is 0 Å². The van der Waals surface area contributed by atoms with Gasteiger partial charge < -0.3 is 4.74 Å². The second-order valence-corrected chi connectivity index (χ2v) is 8.94. The molecule has 32 heavy (non-hydrogen) atoms. The number of hydrogen-bond donors (Lipinski definition) is 0. The first-order valence-corrected chi connectivity index (χ1v) is 10.8. The molecule has 1 fully saturated rings. The van der Waals surface area contributed by atoms with Crippen molar-refractivity contribution in [3.8, 4) is 5.75 Å². The second-order valence-electron chi connectivity index (χ2n) is 8.51. The summed E-state index contributed by atoms with van der Waals surface area (Å²) in [5, 5.41) is 0.643. The molecular formula is C23H22ClF6NO. The van der Waals surface area contributed by atoms with Crippen LogP contribution in [0.3, 0.4) is 0 Å². The lowest BCUT2D eigenvalue weighted by Crippen LogP contribution is -2.39. The van der Waals surface area contributed by atoms with Crippen LogP contribution in [0.15, 0.2) is 36.4 Å². The highest BCUT2D eigenvalue weighted by Crippen LogP contribution is 2.39. The van der Waals surface area contributed by atoms with Gasteiger partial charge in [-0.2, -0.15) is 26.3 Å². The maximum absolute atomic E-state index is 13.4. The SMILES string of the molecule is FC(F)(F)c1ccc(C(F)(F)F)c(CN2CCC(C3COc4ccc(Cl)cc4C3)CC2)c1. The molecule has 0 N–H and O–H groups in total. The molecular weight excluding hydrogens is 456 g/mol. The van der Waals surface area contributed by atoms with E-state index in [1.807, 2.05) is 12.1 Å². The normalized spacial score (nSPS) is 20.7. The van der Waals surface area contributed by atoms with Gasteiger partial charge in [-0.15, -0.1) is 0 Å². The van der Waals surface area contributed by atoms with Crippen molar-refractivity contribution in [3.63, 3.8) is 0 Å². The monoisotopic (exact) mass is 477 g/mol. The second kappa shape index (κ2) is 8.78. The largest absolute Gasteiger partial charge is 0.493 e. The molecule has 0 aromatic heterocycles. The number of rotatable bonds is 3. The van der Waals surface area contributed by atoms with Gasteiger partial charge in [-0.3, -0.25) is 4.90 Å². The molecule has 2 aliphatic heterocycles. The summed E-state index contributed by atoms with van der Waals surface area (Å²) in [6.45, 7) is 1.46. The fourth-order valence-corrected chi connectivity index (χ4v) is 4.88. The molecule has 0 aliphatic carbocycles. The molecule has 174 valence electrons. The highest BCUT2D eigenvalue weighted by Gasteiger charge is 2.38. The van der Waals surface area contributed by atoms with Crippen LogP contribution in [0, 0.1) is 11.8 Å². The Morgan fingerprint density at radius 2 is 1.62 bits per heavy atom. The molecule has 0 radical (unpaired) electrons. The van der Waals surface area contributed by atoms with Crippen LogP contribution < -0.4 is 4.74 Å². The van der Waals surface area contributed by atoms with Gasteiger partial charge in [0.05, 0.1) is 17.7 Å². The highest BCUT2D eigenvalue weighted by molar-refractivity contribution is 6.30. The summed E-state index contributed by atoms with van der Waals surface area (Å²) in [7, 11) is 0. The average molecular weight is 478 g/mol. The minimum atomic E-state index is -4.70. The number of likely N-dealkylation sites (tertiary alicyclic amines) is 1. The highest BCUT2D eigenvalue weighted by atomic mass is 35.5. The minimum Gasteiger partial charge on any atom is -0.493 e. The third-order valence-corrected chi connectivity index (χ3v) is 6.62. The lowest BCUT2D eigenvalue weighted by Gasteiger charge is -2.38. The van der Waals surface area contributed by atoms with Crippen molar-refractivity contribution in [1.29, 1.82) is 0 Å². The van der Waals surface area contributed by atoms with Crippen molar-refractivity contribution in [3.05, 3.63) is 63.7 Å². The van der Waals surface area contributed by atoms with E-state index in [1.54, 1.807) is 11.0 Å². The van der Waals surface area contributed by atoms with Crippen LogP contribution in [-0.2, 0) is 25.3 Å². The molecule has 1 saturated heterocycles. The Morgan fingerprint density at radius 1 is 0.906 bits per heavy atom. The molecule has 4 rings (SSSR count). The molecule has 2 aromatic rings. The minimum absolute atomic E-state index is 0.162. The van der Waals surface area contributed by atoms with Gasteiger partial charge in [-0.05, 0) is 85.8 Å². The van der Waals surface area contributed by atoms with E-state index in [-0.39, 0.29) is 18.0 Å². The number of piperidine rings is 1. The van der Waals surface area contributed by atoms with Crippen molar-refractivity contribution in [2.45, 2.75) is 38.2 Å². The van der Waals surface area contributed by atoms with Gasteiger partial charge in [0.25, 0.3) is 0 Å². The summed E-state index contributed by atoms with van der Waals surface area (Å²) in [5.74, 6) is 1.44. The number of alkyl halides is 6. The molecule has 1 unspecified atom stereocenters. The summed E-state index contributed by atoms with van der Waals surface area (Å²) in [6.07, 6.45) is -7.06. The van der Waals surface area contributed by atoms with Crippen molar-refractivity contribution in [2.75, 3.05) is 19.7 Å². The van der Waals surface area contributed by atoms with E-state index in [0.29, 0.717) is 48.8 Å². The van der Waals surface area contributed by atoms with Crippen molar-refractivity contribution >= 4 is 11.6 Å². The van der Waals surface area contributed by atoms with Gasteiger partial charge in [0.1, 0.15) is 5.75 Å². The van der Waals surface area contributed by atoms with E-state index in [1.165, 1.54) is 0 Å². The molecule has 0 bridgehead atoms. The van der Waals surface area contributed by atoms with Gasteiger partial charge >= 0.3 is 12.4 Å². The Kier molecular flexibility index (Phi) is 6.38. The molecule has 2 aliphatic rings. The Morgan fingerprint density at radius 3 is 2.28 bits per heavy atom. The third-order valence-electron chi connectivity index (χ3n) is 6.39. The van der Waals surface area contributed by atoms with Crippen LogP contribution in [-0.4, -0.2) is 24.6 Å². The zero-order valence-corrected chi connectivity index (χ0v) is 17.8. The number of halogens is 7. The Balaban J connectivity index is 1.42. The maximum Gasteiger partial charge on any atom is 0.416 e. The zero-order valence-electron chi connectivity index (χ0n) is 17.1. The molecule has 1 atom stereocenters. The summed E-state index contributed by atoms with van der Waals surface area (Å²) in [4.78, 5) is 1.80. The molecule has 0 spiro atoms. The van der Waals surface area contributed by atoms with E-state index < -0.39 is 23.5 Å². The summed E-state index contributed by atoms with van der Waals surface area (Å²) >= 11 is 6.08. The topological polar surface area (TPSA) is 12.5 Å². The molecule has 0 saturated carbocycles. The molecule has 2 heterocycles. The zero-order chi connectivity index (χ0) is 23.1. The van der Waals surface area contributed by atoms with E-state index in [9.17, 15) is 26.3 Å². The van der Waals surface area contributed by atoms with Gasteiger partial charge in [0.2, 0.25) is 0 Å². The van der Waals surface area contributed by atoms with Crippen LogP contribution in [0.2, 0.25) is 5.02 Å². The van der Waals surface area contributed by atoms with Gasteiger partial charge in [0.15, 0.2) is 0 Å². The predicted molar refractivity (Wildman–Crippen MR) is 109 cm³/mol. The fraction of sp³-hybridized carbons (Fsp3) is 0.478. The van der Waals surface area contributed by atoms with Crippen LogP contribution >= 0.6 is 11.6 Å². The van der Waals surface area contributed by atoms with E-state index in [0.717, 1.165) is 30.6 Å². The number of benzene rings is 2. The number of ether oxygens (including phenoxy) is 1. The summed E-state index contributed by atoms with van der Waals surface area (Å²) in [5.41, 5.74) is -1.36. The standard InChI is InChI=1S/C23H22ClF6NO/c24-19-2-4-21-15(11-19)9-17(13-32-21)14-5-7-31(8-6-14)12-16-10-18(22(25,26)27)1-3-20(16)23(28,29)30/h1-4,10-11,14,17H,5-9,12-13H2. The van der Waals surface area contributed by atoms with E-state index in [2.05, 4.69) is 0 Å².